The first-order chi connectivity index (χ1) is 17.7. The highest BCUT2D eigenvalue weighted by Gasteiger charge is 2.24. The van der Waals surface area contributed by atoms with Gasteiger partial charge in [-0.2, -0.15) is 9.29 Å². The molecule has 3 heterocycles. The minimum absolute atomic E-state index is 0.0177. The van der Waals surface area contributed by atoms with E-state index in [1.165, 1.54) is 16.8 Å². The third kappa shape index (κ3) is 5.55. The summed E-state index contributed by atoms with van der Waals surface area (Å²) in [5, 5.41) is 6.70. The Hall–Kier alpha value is -3.61. The average molecular weight is 544 g/mol. The van der Waals surface area contributed by atoms with Crippen molar-refractivity contribution < 1.29 is 17.9 Å². The Balaban J connectivity index is 1.26. The summed E-state index contributed by atoms with van der Waals surface area (Å²) in [7, 11) is -1.46. The number of carbonyl (C=O) groups excluding carboxylic acids is 1. The number of hydrogen-bond donors (Lipinski definition) is 2. The van der Waals surface area contributed by atoms with Crippen molar-refractivity contribution in [2.75, 3.05) is 66.5 Å². The lowest BCUT2D eigenvalue weighted by Crippen LogP contribution is -2.48. The summed E-state index contributed by atoms with van der Waals surface area (Å²) in [4.78, 5) is 24.4. The summed E-state index contributed by atoms with van der Waals surface area (Å²) in [6, 6.07) is 13.2. The van der Waals surface area contributed by atoms with Gasteiger partial charge in [0, 0.05) is 50.3 Å². The van der Waals surface area contributed by atoms with Crippen LogP contribution < -0.4 is 25.2 Å². The molecule has 1 amide bonds. The Morgan fingerprint density at radius 1 is 1.00 bits per heavy atom. The first kappa shape index (κ1) is 25.1. The monoisotopic (exact) mass is 543 g/mol. The summed E-state index contributed by atoms with van der Waals surface area (Å²) in [6.07, 6.45) is 2.75. The van der Waals surface area contributed by atoms with E-state index in [0.29, 0.717) is 60.1 Å². The molecule has 0 aliphatic carbocycles. The molecule has 2 N–H and O–H groups in total. The van der Waals surface area contributed by atoms with Crippen molar-refractivity contribution in [2.45, 2.75) is 0 Å². The van der Waals surface area contributed by atoms with Gasteiger partial charge in [0.15, 0.2) is 12.4 Å². The van der Waals surface area contributed by atoms with Crippen molar-refractivity contribution in [3.8, 4) is 5.75 Å². The molecule has 0 bridgehead atoms. The van der Waals surface area contributed by atoms with Gasteiger partial charge in [0.05, 0.1) is 18.1 Å². The molecule has 3 aromatic rings. The van der Waals surface area contributed by atoms with E-state index < -0.39 is 10.0 Å². The molecule has 0 saturated carbocycles. The van der Waals surface area contributed by atoms with Gasteiger partial charge in [-0.1, -0.05) is 11.6 Å². The number of nitrogens with one attached hydrogen (secondary N) is 2. The largest absolute Gasteiger partial charge is 0.482 e. The third-order valence-corrected chi connectivity index (χ3v) is 7.83. The molecule has 2 aliphatic heterocycles. The van der Waals surface area contributed by atoms with Crippen LogP contribution in [0.3, 0.4) is 0 Å². The third-order valence-electron chi connectivity index (χ3n) is 6.25. The summed E-state index contributed by atoms with van der Waals surface area (Å²) in [5.41, 5.74) is 3.15. The van der Waals surface area contributed by atoms with Crippen molar-refractivity contribution in [1.82, 2.24) is 14.3 Å². The Morgan fingerprint density at radius 2 is 1.70 bits per heavy atom. The molecule has 2 aliphatic rings. The van der Waals surface area contributed by atoms with Crippen molar-refractivity contribution in [1.29, 1.82) is 0 Å². The fourth-order valence-corrected chi connectivity index (χ4v) is 5.13. The summed E-state index contributed by atoms with van der Waals surface area (Å²) in [6.45, 7) is 2.22. The second-order valence-electron chi connectivity index (χ2n) is 8.76. The lowest BCUT2D eigenvalue weighted by molar-refractivity contribution is -0.120. The van der Waals surface area contributed by atoms with Gasteiger partial charge in [-0.15, -0.1) is 0 Å². The number of sulfonamides is 1. The van der Waals surface area contributed by atoms with E-state index in [2.05, 4.69) is 25.5 Å². The number of piperazine rings is 1. The van der Waals surface area contributed by atoms with Crippen molar-refractivity contribution in [3.63, 3.8) is 0 Å². The maximum Gasteiger partial charge on any atom is 0.264 e. The highest BCUT2D eigenvalue weighted by Crippen LogP contribution is 2.35. The number of nitrogens with zero attached hydrogens (tertiary/aromatic N) is 5. The van der Waals surface area contributed by atoms with E-state index in [0.717, 1.165) is 11.4 Å². The molecule has 11 nitrogen and oxygen atoms in total. The molecule has 0 unspecified atom stereocenters. The van der Waals surface area contributed by atoms with E-state index in [-0.39, 0.29) is 12.5 Å². The minimum Gasteiger partial charge on any atom is -0.482 e. The van der Waals surface area contributed by atoms with E-state index in [9.17, 15) is 13.2 Å². The topological polar surface area (TPSA) is 120 Å². The van der Waals surface area contributed by atoms with Crippen LogP contribution in [0.1, 0.15) is 0 Å². The van der Waals surface area contributed by atoms with E-state index in [4.69, 9.17) is 16.3 Å². The molecular weight excluding hydrogens is 518 g/mol. The molecule has 0 radical (unpaired) electrons. The van der Waals surface area contributed by atoms with Gasteiger partial charge in [0.2, 0.25) is 16.0 Å². The maximum absolute atomic E-state index is 12.0. The predicted octanol–water partition coefficient (Wildman–Crippen LogP) is 3.05. The van der Waals surface area contributed by atoms with Crippen LogP contribution in [0.4, 0.5) is 34.5 Å². The number of likely N-dealkylation sites (N-methyl/N-ethyl adjacent to an activating group) is 1. The van der Waals surface area contributed by atoms with Crippen LogP contribution in [-0.4, -0.2) is 74.7 Å². The van der Waals surface area contributed by atoms with E-state index in [1.54, 1.807) is 24.1 Å². The molecule has 1 aromatic heterocycles. The zero-order valence-corrected chi connectivity index (χ0v) is 21.9. The number of amides is 1. The lowest BCUT2D eigenvalue weighted by atomic mass is 10.2. The zero-order valence-electron chi connectivity index (χ0n) is 20.3. The molecule has 194 valence electrons. The minimum atomic E-state index is -3.16. The van der Waals surface area contributed by atoms with Crippen LogP contribution in [0.25, 0.3) is 0 Å². The normalized spacial score (nSPS) is 16.2. The molecule has 0 atom stereocenters. The molecule has 37 heavy (non-hydrogen) atoms. The molecule has 1 fully saturated rings. The van der Waals surface area contributed by atoms with Crippen LogP contribution in [0, 0.1) is 0 Å². The molecule has 5 rings (SSSR count). The van der Waals surface area contributed by atoms with Gasteiger partial charge in [-0.25, -0.2) is 13.4 Å². The highest BCUT2D eigenvalue weighted by atomic mass is 35.5. The van der Waals surface area contributed by atoms with Gasteiger partial charge in [-0.05, 0) is 42.5 Å². The number of halogens is 1. The van der Waals surface area contributed by atoms with Gasteiger partial charge >= 0.3 is 0 Å². The van der Waals surface area contributed by atoms with E-state index in [1.807, 2.05) is 30.3 Å². The fraction of sp³-hybridized carbons (Fsp3) is 0.292. The van der Waals surface area contributed by atoms with Crippen molar-refractivity contribution in [3.05, 3.63) is 53.7 Å². The van der Waals surface area contributed by atoms with Crippen molar-refractivity contribution >= 4 is 62.0 Å². The Bertz CT molecular complexity index is 1430. The number of hydrogen-bond acceptors (Lipinski definition) is 9. The number of aromatic nitrogens is 2. The number of benzene rings is 2. The van der Waals surface area contributed by atoms with Crippen LogP contribution in [0.15, 0.2) is 48.7 Å². The summed E-state index contributed by atoms with van der Waals surface area (Å²) < 4.78 is 30.4. The van der Waals surface area contributed by atoms with Crippen LogP contribution in [0.2, 0.25) is 5.02 Å². The number of ether oxygens (including phenoxy) is 1. The maximum atomic E-state index is 12.0. The quantitative estimate of drug-likeness (QED) is 0.483. The molecule has 0 spiro atoms. The van der Waals surface area contributed by atoms with Gasteiger partial charge in [0.25, 0.3) is 5.91 Å². The number of rotatable bonds is 6. The van der Waals surface area contributed by atoms with Gasteiger partial charge in [0.1, 0.15) is 10.8 Å². The SMILES string of the molecule is CN1C(=O)COc2ccc(Nc3nc(Nc4ccc(N5CCN(S(C)(=O)=O)CC5)cc4)ncc3Cl)cc21. The van der Waals surface area contributed by atoms with Crippen molar-refractivity contribution in [2.24, 2.45) is 0 Å². The molecule has 1 saturated heterocycles. The predicted molar refractivity (Wildman–Crippen MR) is 144 cm³/mol. The first-order valence-corrected chi connectivity index (χ1v) is 13.8. The van der Waals surface area contributed by atoms with Crippen LogP contribution >= 0.6 is 11.6 Å². The second-order valence-corrected chi connectivity index (χ2v) is 11.1. The Morgan fingerprint density at radius 3 is 2.41 bits per heavy atom. The lowest BCUT2D eigenvalue weighted by Gasteiger charge is -2.34. The number of carbonyl (C=O) groups is 1. The van der Waals surface area contributed by atoms with Gasteiger partial charge < -0.3 is 25.2 Å². The highest BCUT2D eigenvalue weighted by molar-refractivity contribution is 7.88. The first-order valence-electron chi connectivity index (χ1n) is 11.6. The summed E-state index contributed by atoms with van der Waals surface area (Å²) in [5.74, 6) is 1.27. The second kappa shape index (κ2) is 10.0. The molecule has 13 heteroatoms. The average Bonchev–Trinajstić information content (AvgIpc) is 2.88. The van der Waals surface area contributed by atoms with E-state index >= 15 is 0 Å². The molecular formula is C24H26ClN7O4S. The molecule has 2 aromatic carbocycles. The standard InChI is InChI=1S/C24H26ClN7O4S/c1-30-20-13-17(5-8-21(20)36-15-22(30)33)27-23-19(25)14-26-24(29-23)28-16-3-6-18(7-4-16)31-9-11-32(12-10-31)37(2,34)35/h3-8,13-14H,9-12,15H2,1-2H3,(H2,26,27,28,29). The van der Waals surface area contributed by atoms with Crippen LogP contribution in [0.5, 0.6) is 5.75 Å². The summed E-state index contributed by atoms with van der Waals surface area (Å²) >= 11 is 6.34. The Kier molecular flexibility index (Phi) is 6.80. The fourth-order valence-electron chi connectivity index (χ4n) is 4.16. The number of fused-ring (bicyclic) bond motifs is 1. The van der Waals surface area contributed by atoms with Crippen LogP contribution in [-0.2, 0) is 14.8 Å². The zero-order chi connectivity index (χ0) is 26.2. The Labute approximate surface area is 220 Å². The van der Waals surface area contributed by atoms with Gasteiger partial charge in [-0.3, -0.25) is 4.79 Å². The number of anilines is 6. The smallest absolute Gasteiger partial charge is 0.264 e.